The summed E-state index contributed by atoms with van der Waals surface area (Å²) in [5, 5.41) is 10.3. The standard InChI is InChI=1S/C26H29N3O2S/c30-25(19-9-10-19)28-24-14-21-7-2-1-6-20(21)13-23(24)26(31)27-15-18-5-3-11-29(16-18)17-22-8-4-12-32-22/h1-2,4,6-8,12-14,18-19H,3,5,9-11,15-17H2,(H,27,31)(H,28,30). The molecule has 1 saturated carbocycles. The zero-order chi connectivity index (χ0) is 21.9. The van der Waals surface area contributed by atoms with Gasteiger partial charge in [0.25, 0.3) is 5.91 Å². The molecule has 2 N–H and O–H groups in total. The molecule has 2 aromatic carbocycles. The van der Waals surface area contributed by atoms with Gasteiger partial charge in [0.05, 0.1) is 11.3 Å². The zero-order valence-electron chi connectivity index (χ0n) is 18.2. The molecule has 32 heavy (non-hydrogen) atoms. The molecule has 2 heterocycles. The quantitative estimate of drug-likeness (QED) is 0.542. The van der Waals surface area contributed by atoms with E-state index in [4.69, 9.17) is 0 Å². The highest BCUT2D eigenvalue weighted by atomic mass is 32.1. The van der Waals surface area contributed by atoms with Crippen LogP contribution >= 0.6 is 11.3 Å². The van der Waals surface area contributed by atoms with Gasteiger partial charge in [0.1, 0.15) is 0 Å². The van der Waals surface area contributed by atoms with E-state index >= 15 is 0 Å². The summed E-state index contributed by atoms with van der Waals surface area (Å²) < 4.78 is 0. The molecule has 1 aliphatic heterocycles. The first-order valence-corrected chi connectivity index (χ1v) is 12.4. The first kappa shape index (κ1) is 21.2. The largest absolute Gasteiger partial charge is 0.352 e. The van der Waals surface area contributed by atoms with Gasteiger partial charge in [0.2, 0.25) is 5.91 Å². The van der Waals surface area contributed by atoms with Crippen LogP contribution in [0.5, 0.6) is 0 Å². The molecule has 0 bridgehead atoms. The topological polar surface area (TPSA) is 61.4 Å². The lowest BCUT2D eigenvalue weighted by Gasteiger charge is -2.32. The van der Waals surface area contributed by atoms with E-state index in [0.717, 1.165) is 56.1 Å². The van der Waals surface area contributed by atoms with Crippen molar-refractivity contribution in [1.29, 1.82) is 0 Å². The highest BCUT2D eigenvalue weighted by Crippen LogP contribution is 2.32. The molecule has 2 amide bonds. The van der Waals surface area contributed by atoms with E-state index in [1.54, 1.807) is 11.3 Å². The Hall–Kier alpha value is -2.70. The maximum atomic E-state index is 13.2. The number of carbonyl (C=O) groups is 2. The molecule has 0 radical (unpaired) electrons. The predicted molar refractivity (Wildman–Crippen MR) is 130 cm³/mol. The van der Waals surface area contributed by atoms with Crippen LogP contribution in [0.4, 0.5) is 5.69 Å². The molecule has 5 rings (SSSR count). The third-order valence-electron chi connectivity index (χ3n) is 6.45. The van der Waals surface area contributed by atoms with Crippen LogP contribution < -0.4 is 10.6 Å². The number of anilines is 1. The molecule has 2 fully saturated rings. The molecule has 1 aromatic heterocycles. The lowest BCUT2D eigenvalue weighted by Crippen LogP contribution is -2.40. The lowest BCUT2D eigenvalue weighted by atomic mass is 9.97. The minimum atomic E-state index is -0.114. The van der Waals surface area contributed by atoms with E-state index in [2.05, 4.69) is 33.0 Å². The fourth-order valence-corrected chi connectivity index (χ4v) is 5.27. The second-order valence-electron chi connectivity index (χ2n) is 9.04. The van der Waals surface area contributed by atoms with E-state index in [1.807, 2.05) is 36.4 Å². The smallest absolute Gasteiger partial charge is 0.253 e. The Balaban J connectivity index is 1.26. The van der Waals surface area contributed by atoms with Crippen LogP contribution in [0.15, 0.2) is 53.9 Å². The third kappa shape index (κ3) is 5.03. The van der Waals surface area contributed by atoms with Crippen molar-refractivity contribution in [3.8, 4) is 0 Å². The Morgan fingerprint density at radius 3 is 2.59 bits per heavy atom. The molecular formula is C26H29N3O2S. The van der Waals surface area contributed by atoms with Crippen LogP contribution in [0, 0.1) is 11.8 Å². The van der Waals surface area contributed by atoms with Gasteiger partial charge in [-0.05, 0) is 72.5 Å². The molecule has 3 aromatic rings. The van der Waals surface area contributed by atoms with E-state index in [9.17, 15) is 9.59 Å². The van der Waals surface area contributed by atoms with Crippen LogP contribution in [-0.2, 0) is 11.3 Å². The Kier molecular flexibility index (Phi) is 6.23. The van der Waals surface area contributed by atoms with Gasteiger partial charge in [-0.1, -0.05) is 30.3 Å². The van der Waals surface area contributed by atoms with Gasteiger partial charge in [-0.2, -0.15) is 0 Å². The number of piperidine rings is 1. The second kappa shape index (κ2) is 9.43. The van der Waals surface area contributed by atoms with Gasteiger partial charge in [0, 0.05) is 30.4 Å². The Bertz CT molecular complexity index is 1110. The fraction of sp³-hybridized carbons (Fsp3) is 0.385. The Morgan fingerprint density at radius 1 is 1.03 bits per heavy atom. The van der Waals surface area contributed by atoms with Gasteiger partial charge < -0.3 is 10.6 Å². The molecule has 2 aliphatic rings. The SMILES string of the molecule is O=C(NCC1CCCN(Cc2cccs2)C1)c1cc2ccccc2cc1NC(=O)C1CC1. The summed E-state index contributed by atoms with van der Waals surface area (Å²) >= 11 is 1.80. The van der Waals surface area contributed by atoms with Gasteiger partial charge >= 0.3 is 0 Å². The number of hydrogen-bond acceptors (Lipinski definition) is 4. The number of amides is 2. The normalized spacial score (nSPS) is 19.1. The molecule has 6 heteroatoms. The van der Waals surface area contributed by atoms with E-state index in [1.165, 1.54) is 4.88 Å². The van der Waals surface area contributed by atoms with Crippen LogP contribution in [0.3, 0.4) is 0 Å². The Labute approximate surface area is 192 Å². The molecule has 1 atom stereocenters. The van der Waals surface area contributed by atoms with Crippen molar-refractivity contribution in [3.05, 3.63) is 64.4 Å². The van der Waals surface area contributed by atoms with Crippen LogP contribution in [0.1, 0.15) is 40.9 Å². The summed E-state index contributed by atoms with van der Waals surface area (Å²) in [5.41, 5.74) is 1.16. The average Bonchev–Trinajstić information content (AvgIpc) is 3.55. The maximum Gasteiger partial charge on any atom is 0.253 e. The minimum absolute atomic E-state index is 0.0193. The fourth-order valence-electron chi connectivity index (χ4n) is 4.53. The van der Waals surface area contributed by atoms with Gasteiger partial charge in [-0.25, -0.2) is 0 Å². The van der Waals surface area contributed by atoms with Crippen molar-refractivity contribution >= 4 is 39.6 Å². The summed E-state index contributed by atoms with van der Waals surface area (Å²) in [6.45, 7) is 3.76. The summed E-state index contributed by atoms with van der Waals surface area (Å²) in [5.74, 6) is 0.439. The van der Waals surface area contributed by atoms with E-state index < -0.39 is 0 Å². The molecule has 5 nitrogen and oxygen atoms in total. The van der Waals surface area contributed by atoms with Crippen molar-refractivity contribution in [3.63, 3.8) is 0 Å². The molecule has 166 valence electrons. The highest BCUT2D eigenvalue weighted by Gasteiger charge is 2.30. The van der Waals surface area contributed by atoms with Crippen molar-refractivity contribution in [2.45, 2.75) is 32.2 Å². The van der Waals surface area contributed by atoms with Crippen molar-refractivity contribution in [2.24, 2.45) is 11.8 Å². The molecule has 1 unspecified atom stereocenters. The third-order valence-corrected chi connectivity index (χ3v) is 7.31. The summed E-state index contributed by atoms with van der Waals surface area (Å²) in [6, 6.07) is 16.1. The summed E-state index contributed by atoms with van der Waals surface area (Å²) in [6.07, 6.45) is 4.16. The van der Waals surface area contributed by atoms with Gasteiger partial charge in [-0.3, -0.25) is 14.5 Å². The number of thiophene rings is 1. The predicted octanol–water partition coefficient (Wildman–Crippen LogP) is 4.89. The summed E-state index contributed by atoms with van der Waals surface area (Å²) in [7, 11) is 0. The number of carbonyl (C=O) groups excluding carboxylic acids is 2. The number of benzene rings is 2. The van der Waals surface area contributed by atoms with Gasteiger partial charge in [-0.15, -0.1) is 11.3 Å². The molecular weight excluding hydrogens is 418 g/mol. The lowest BCUT2D eigenvalue weighted by molar-refractivity contribution is -0.117. The molecule has 1 aliphatic carbocycles. The first-order chi connectivity index (χ1) is 15.7. The minimum Gasteiger partial charge on any atom is -0.352 e. The monoisotopic (exact) mass is 447 g/mol. The van der Waals surface area contributed by atoms with Crippen LogP contribution in [-0.4, -0.2) is 36.3 Å². The van der Waals surface area contributed by atoms with Crippen molar-refractivity contribution < 1.29 is 9.59 Å². The maximum absolute atomic E-state index is 13.2. The van der Waals surface area contributed by atoms with Crippen molar-refractivity contribution in [2.75, 3.05) is 25.0 Å². The average molecular weight is 448 g/mol. The Morgan fingerprint density at radius 2 is 1.84 bits per heavy atom. The second-order valence-corrected chi connectivity index (χ2v) is 10.1. The number of hydrogen-bond donors (Lipinski definition) is 2. The number of rotatable bonds is 7. The van der Waals surface area contributed by atoms with Crippen LogP contribution in [0.25, 0.3) is 10.8 Å². The molecule has 0 spiro atoms. The number of nitrogens with one attached hydrogen (secondary N) is 2. The molecule has 1 saturated heterocycles. The number of likely N-dealkylation sites (tertiary alicyclic amines) is 1. The zero-order valence-corrected chi connectivity index (χ0v) is 19.0. The van der Waals surface area contributed by atoms with E-state index in [-0.39, 0.29) is 17.7 Å². The van der Waals surface area contributed by atoms with Gasteiger partial charge in [0.15, 0.2) is 0 Å². The van der Waals surface area contributed by atoms with E-state index in [0.29, 0.717) is 23.7 Å². The van der Waals surface area contributed by atoms with Crippen LogP contribution in [0.2, 0.25) is 0 Å². The number of fused-ring (bicyclic) bond motifs is 1. The highest BCUT2D eigenvalue weighted by molar-refractivity contribution is 7.09. The summed E-state index contributed by atoms with van der Waals surface area (Å²) in [4.78, 5) is 29.5. The van der Waals surface area contributed by atoms with Crippen molar-refractivity contribution in [1.82, 2.24) is 10.2 Å². The number of nitrogens with zero attached hydrogens (tertiary/aromatic N) is 1. The first-order valence-electron chi connectivity index (χ1n) is 11.5.